The minimum Gasteiger partial charge on any atom is -0.432 e. The Kier molecular flexibility index (Phi) is 3.75. The molecule has 1 aromatic heterocycles. The fourth-order valence-electron chi connectivity index (χ4n) is 2.89. The third kappa shape index (κ3) is 2.69. The van der Waals surface area contributed by atoms with Crippen LogP contribution in [0.1, 0.15) is 24.1 Å². The average molecular weight is 285 g/mol. The maximum absolute atomic E-state index is 12.9. The van der Waals surface area contributed by atoms with Gasteiger partial charge in [0.15, 0.2) is 0 Å². The van der Waals surface area contributed by atoms with Crippen molar-refractivity contribution in [3.8, 4) is 0 Å². The lowest BCUT2D eigenvalue weighted by Crippen LogP contribution is -2.48. The summed E-state index contributed by atoms with van der Waals surface area (Å²) in [5, 5.41) is 6.14. The fourth-order valence-corrected chi connectivity index (χ4v) is 2.89. The van der Waals surface area contributed by atoms with Crippen LogP contribution in [-0.4, -0.2) is 24.0 Å². The van der Waals surface area contributed by atoms with Crippen LogP contribution in [0, 0.1) is 6.92 Å². The normalized spacial score (nSPS) is 17.4. The first-order valence-electron chi connectivity index (χ1n) is 7.20. The van der Waals surface area contributed by atoms with Gasteiger partial charge in [-0.15, -0.1) is 0 Å². The number of amides is 1. The molecule has 0 saturated carbocycles. The van der Waals surface area contributed by atoms with E-state index in [4.69, 9.17) is 4.42 Å². The van der Waals surface area contributed by atoms with Crippen LogP contribution < -0.4 is 10.6 Å². The smallest absolute Gasteiger partial charge is 0.301 e. The van der Waals surface area contributed by atoms with Crippen molar-refractivity contribution in [3.05, 3.63) is 47.9 Å². The van der Waals surface area contributed by atoms with Crippen LogP contribution in [0.4, 0.5) is 6.01 Å². The van der Waals surface area contributed by atoms with Crippen molar-refractivity contribution in [2.24, 2.45) is 0 Å². The maximum atomic E-state index is 12.9. The highest BCUT2D eigenvalue weighted by Crippen LogP contribution is 2.34. The standard InChI is InChI=1S/C16H19N3O2/c1-12-11-21-15(18-12)19-14(20)16(7-9-17-10-8-16)13-5-3-2-4-6-13/h2-6,11,17H,7-10H2,1H3,(H,18,19,20). The number of aryl methyl sites for hydroxylation is 1. The molecule has 0 aliphatic carbocycles. The monoisotopic (exact) mass is 285 g/mol. The van der Waals surface area contributed by atoms with Crippen molar-refractivity contribution >= 4 is 11.9 Å². The minimum absolute atomic E-state index is 0.0444. The molecule has 110 valence electrons. The van der Waals surface area contributed by atoms with Crippen molar-refractivity contribution in [1.82, 2.24) is 10.3 Å². The van der Waals surface area contributed by atoms with Crippen LogP contribution in [0.15, 0.2) is 41.0 Å². The highest BCUT2D eigenvalue weighted by atomic mass is 16.4. The molecule has 0 unspecified atom stereocenters. The highest BCUT2D eigenvalue weighted by Gasteiger charge is 2.41. The molecule has 0 radical (unpaired) electrons. The molecule has 1 fully saturated rings. The van der Waals surface area contributed by atoms with Gasteiger partial charge < -0.3 is 9.73 Å². The first-order valence-corrected chi connectivity index (χ1v) is 7.20. The summed E-state index contributed by atoms with van der Waals surface area (Å²) in [4.78, 5) is 17.0. The number of nitrogens with one attached hydrogen (secondary N) is 2. The van der Waals surface area contributed by atoms with Crippen LogP contribution >= 0.6 is 0 Å². The molecule has 2 heterocycles. The number of hydrogen-bond donors (Lipinski definition) is 2. The average Bonchev–Trinajstić information content (AvgIpc) is 2.94. The molecule has 0 atom stereocenters. The Balaban J connectivity index is 1.90. The number of anilines is 1. The van der Waals surface area contributed by atoms with E-state index in [1.807, 2.05) is 37.3 Å². The molecule has 0 spiro atoms. The van der Waals surface area contributed by atoms with Gasteiger partial charge in [0, 0.05) is 0 Å². The van der Waals surface area contributed by atoms with Gasteiger partial charge in [0.05, 0.1) is 11.1 Å². The van der Waals surface area contributed by atoms with E-state index in [0.29, 0.717) is 0 Å². The highest BCUT2D eigenvalue weighted by molar-refractivity contribution is 5.98. The quantitative estimate of drug-likeness (QED) is 0.907. The largest absolute Gasteiger partial charge is 0.432 e. The van der Waals surface area contributed by atoms with Crippen molar-refractivity contribution in [3.63, 3.8) is 0 Å². The first kappa shape index (κ1) is 13.8. The van der Waals surface area contributed by atoms with Gasteiger partial charge in [0.2, 0.25) is 5.91 Å². The van der Waals surface area contributed by atoms with E-state index in [2.05, 4.69) is 15.6 Å². The van der Waals surface area contributed by atoms with Gasteiger partial charge in [-0.3, -0.25) is 10.1 Å². The molecule has 1 amide bonds. The zero-order valence-corrected chi connectivity index (χ0v) is 12.1. The molecule has 21 heavy (non-hydrogen) atoms. The number of carbonyl (C=O) groups excluding carboxylic acids is 1. The third-order valence-corrected chi connectivity index (χ3v) is 4.06. The number of rotatable bonds is 3. The van der Waals surface area contributed by atoms with Crippen LogP contribution in [0.3, 0.4) is 0 Å². The number of hydrogen-bond acceptors (Lipinski definition) is 4. The van der Waals surface area contributed by atoms with E-state index in [1.165, 1.54) is 6.26 Å². The number of benzene rings is 1. The summed E-state index contributed by atoms with van der Waals surface area (Å²) >= 11 is 0. The summed E-state index contributed by atoms with van der Waals surface area (Å²) in [5.41, 5.74) is 1.28. The second kappa shape index (κ2) is 5.69. The van der Waals surface area contributed by atoms with E-state index in [-0.39, 0.29) is 11.9 Å². The van der Waals surface area contributed by atoms with E-state index in [1.54, 1.807) is 0 Å². The number of nitrogens with zero attached hydrogens (tertiary/aromatic N) is 1. The number of oxazole rings is 1. The van der Waals surface area contributed by atoms with Crippen LogP contribution in [0.5, 0.6) is 0 Å². The van der Waals surface area contributed by atoms with Gasteiger partial charge in [0.25, 0.3) is 0 Å². The number of piperidine rings is 1. The molecule has 5 heteroatoms. The van der Waals surface area contributed by atoms with E-state index in [0.717, 1.165) is 37.2 Å². The van der Waals surface area contributed by atoms with Crippen molar-refractivity contribution in [1.29, 1.82) is 0 Å². The Bertz CT molecular complexity index is 615. The van der Waals surface area contributed by atoms with Gasteiger partial charge >= 0.3 is 6.01 Å². The van der Waals surface area contributed by atoms with E-state index in [9.17, 15) is 4.79 Å². The second-order valence-electron chi connectivity index (χ2n) is 5.45. The molecule has 3 rings (SSSR count). The summed E-state index contributed by atoms with van der Waals surface area (Å²) in [7, 11) is 0. The molecule has 5 nitrogen and oxygen atoms in total. The van der Waals surface area contributed by atoms with Crippen molar-refractivity contribution in [2.45, 2.75) is 25.2 Å². The van der Waals surface area contributed by atoms with Gasteiger partial charge in [-0.2, -0.15) is 4.98 Å². The van der Waals surface area contributed by atoms with Gasteiger partial charge in [-0.05, 0) is 38.4 Å². The van der Waals surface area contributed by atoms with Crippen molar-refractivity contribution < 1.29 is 9.21 Å². The number of aromatic nitrogens is 1. The van der Waals surface area contributed by atoms with E-state index < -0.39 is 5.41 Å². The predicted molar refractivity (Wildman–Crippen MR) is 80.1 cm³/mol. The molecular weight excluding hydrogens is 266 g/mol. The zero-order chi connectivity index (χ0) is 14.7. The Morgan fingerprint density at radius 2 is 2.00 bits per heavy atom. The maximum Gasteiger partial charge on any atom is 0.301 e. The lowest BCUT2D eigenvalue weighted by Gasteiger charge is -2.36. The lowest BCUT2D eigenvalue weighted by molar-refractivity contribution is -0.122. The molecule has 1 aliphatic heterocycles. The number of carbonyl (C=O) groups is 1. The Labute approximate surface area is 123 Å². The summed E-state index contributed by atoms with van der Waals surface area (Å²) in [6.07, 6.45) is 3.07. The van der Waals surface area contributed by atoms with Gasteiger partial charge in [-0.25, -0.2) is 0 Å². The molecule has 1 saturated heterocycles. The first-order chi connectivity index (χ1) is 10.2. The van der Waals surface area contributed by atoms with E-state index >= 15 is 0 Å². The van der Waals surface area contributed by atoms with Gasteiger partial charge in [0.1, 0.15) is 6.26 Å². The summed E-state index contributed by atoms with van der Waals surface area (Å²) in [6, 6.07) is 10.2. The zero-order valence-electron chi connectivity index (χ0n) is 12.1. The molecule has 2 aromatic rings. The molecule has 1 aromatic carbocycles. The second-order valence-corrected chi connectivity index (χ2v) is 5.45. The predicted octanol–water partition coefficient (Wildman–Crippen LogP) is 2.24. The molecule has 0 bridgehead atoms. The van der Waals surface area contributed by atoms with Crippen LogP contribution in [0.25, 0.3) is 0 Å². The van der Waals surface area contributed by atoms with Crippen LogP contribution in [-0.2, 0) is 10.2 Å². The topological polar surface area (TPSA) is 67.2 Å². The minimum atomic E-state index is -0.519. The molecule has 2 N–H and O–H groups in total. The Morgan fingerprint density at radius 3 is 2.62 bits per heavy atom. The summed E-state index contributed by atoms with van der Waals surface area (Å²) in [6.45, 7) is 3.48. The lowest BCUT2D eigenvalue weighted by atomic mass is 9.72. The van der Waals surface area contributed by atoms with Gasteiger partial charge in [-0.1, -0.05) is 30.3 Å². The Hall–Kier alpha value is -2.14. The van der Waals surface area contributed by atoms with Crippen molar-refractivity contribution in [2.75, 3.05) is 18.4 Å². The SMILES string of the molecule is Cc1coc(NC(=O)C2(c3ccccc3)CCNCC2)n1. The fraction of sp³-hybridized carbons (Fsp3) is 0.375. The molecular formula is C16H19N3O2. The summed E-state index contributed by atoms with van der Waals surface area (Å²) in [5.74, 6) is -0.0444. The molecule has 1 aliphatic rings. The Morgan fingerprint density at radius 1 is 1.29 bits per heavy atom. The summed E-state index contributed by atoms with van der Waals surface area (Å²) < 4.78 is 5.25. The third-order valence-electron chi connectivity index (χ3n) is 4.06. The van der Waals surface area contributed by atoms with Crippen LogP contribution in [0.2, 0.25) is 0 Å².